The van der Waals surface area contributed by atoms with Crippen molar-refractivity contribution in [1.82, 2.24) is 29.4 Å². The number of amides is 1. The first-order chi connectivity index (χ1) is 16.8. The Kier molecular flexibility index (Phi) is 5.57. The molecule has 0 aliphatic heterocycles. The summed E-state index contributed by atoms with van der Waals surface area (Å²) in [5.41, 5.74) is -1.07. The highest BCUT2D eigenvalue weighted by Crippen LogP contribution is 2.34. The molecule has 0 saturated carbocycles. The van der Waals surface area contributed by atoms with Crippen molar-refractivity contribution in [2.45, 2.75) is 6.18 Å². The van der Waals surface area contributed by atoms with Gasteiger partial charge in [0.1, 0.15) is 12.1 Å². The third-order valence-electron chi connectivity index (χ3n) is 4.86. The van der Waals surface area contributed by atoms with Gasteiger partial charge >= 0.3 is 6.18 Å². The van der Waals surface area contributed by atoms with E-state index < -0.39 is 23.3 Å². The second kappa shape index (κ2) is 8.72. The maximum atomic E-state index is 13.9. The number of nitrogens with one attached hydrogen (secondary N) is 1. The first-order valence-electron chi connectivity index (χ1n) is 9.94. The highest BCUT2D eigenvalue weighted by atomic mass is 35.5. The molecule has 0 aliphatic rings. The minimum absolute atomic E-state index is 0.110. The Morgan fingerprint density at radius 2 is 1.80 bits per heavy atom. The largest absolute Gasteiger partial charge is 0.436 e. The maximum absolute atomic E-state index is 13.9. The first-order valence-corrected chi connectivity index (χ1v) is 10.3. The summed E-state index contributed by atoms with van der Waals surface area (Å²) in [6.07, 6.45) is 0.700. The molecule has 3 aromatic heterocycles. The molecule has 13 heteroatoms. The van der Waals surface area contributed by atoms with Crippen LogP contribution in [-0.4, -0.2) is 35.3 Å². The summed E-state index contributed by atoms with van der Waals surface area (Å²) in [7, 11) is 0. The molecule has 0 radical (unpaired) electrons. The van der Waals surface area contributed by atoms with Crippen LogP contribution in [0.1, 0.15) is 16.1 Å². The molecule has 9 nitrogen and oxygen atoms in total. The predicted molar refractivity (Wildman–Crippen MR) is 119 cm³/mol. The number of carbonyl (C=O) groups excluding carboxylic acids is 1. The maximum Gasteiger partial charge on any atom is 0.434 e. The van der Waals surface area contributed by atoms with Crippen molar-refractivity contribution in [3.8, 4) is 17.3 Å². The zero-order valence-corrected chi connectivity index (χ0v) is 18.2. The van der Waals surface area contributed by atoms with Gasteiger partial charge in [-0.05, 0) is 48.5 Å². The van der Waals surface area contributed by atoms with Crippen LogP contribution in [0.25, 0.3) is 11.3 Å². The van der Waals surface area contributed by atoms with E-state index in [-0.39, 0.29) is 17.3 Å². The molecule has 0 fully saturated rings. The Balaban J connectivity index is 1.37. The third kappa shape index (κ3) is 4.51. The van der Waals surface area contributed by atoms with Gasteiger partial charge in [0.25, 0.3) is 11.8 Å². The molecule has 2 aromatic carbocycles. The van der Waals surface area contributed by atoms with Gasteiger partial charge in [-0.3, -0.25) is 9.20 Å². The lowest BCUT2D eigenvalue weighted by Gasteiger charge is -2.13. The number of anilines is 1. The fourth-order valence-corrected chi connectivity index (χ4v) is 3.42. The minimum Gasteiger partial charge on any atom is -0.436 e. The number of hydrogen-bond donors (Lipinski definition) is 1. The third-order valence-corrected chi connectivity index (χ3v) is 5.12. The monoisotopic (exact) mass is 499 g/mol. The molecule has 176 valence electrons. The first kappa shape index (κ1) is 22.3. The zero-order chi connectivity index (χ0) is 24.6. The van der Waals surface area contributed by atoms with Crippen LogP contribution in [-0.2, 0) is 6.18 Å². The molecule has 0 unspecified atom stereocenters. The van der Waals surface area contributed by atoms with Crippen LogP contribution in [0.5, 0.6) is 11.6 Å². The van der Waals surface area contributed by atoms with Gasteiger partial charge in [-0.15, -0.1) is 10.2 Å². The fourth-order valence-electron chi connectivity index (χ4n) is 3.29. The lowest BCUT2D eigenvalue weighted by atomic mass is 10.2. The average molecular weight is 500 g/mol. The lowest BCUT2D eigenvalue weighted by molar-refractivity contribution is -0.143. The van der Waals surface area contributed by atoms with Crippen molar-refractivity contribution in [1.29, 1.82) is 0 Å². The number of nitrogens with zero attached hydrogens (tertiary/aromatic N) is 6. The number of alkyl halides is 3. The Morgan fingerprint density at radius 1 is 1.06 bits per heavy atom. The molecule has 1 N–H and O–H groups in total. The number of ether oxygens (including phenoxy) is 1. The second-order valence-corrected chi connectivity index (χ2v) is 7.60. The number of carbonyl (C=O) groups is 1. The molecular weight excluding hydrogens is 487 g/mol. The summed E-state index contributed by atoms with van der Waals surface area (Å²) in [4.78, 5) is 16.8. The number of hydrogen-bond acceptors (Lipinski definition) is 6. The van der Waals surface area contributed by atoms with Crippen LogP contribution < -0.4 is 10.1 Å². The summed E-state index contributed by atoms with van der Waals surface area (Å²) < 4.78 is 49.5. The summed E-state index contributed by atoms with van der Waals surface area (Å²) in [6, 6.07) is 11.6. The van der Waals surface area contributed by atoms with Crippen molar-refractivity contribution < 1.29 is 22.7 Å². The van der Waals surface area contributed by atoms with E-state index in [1.807, 2.05) is 0 Å². The van der Waals surface area contributed by atoms with Gasteiger partial charge in [-0.1, -0.05) is 11.6 Å². The molecule has 0 saturated heterocycles. The van der Waals surface area contributed by atoms with Crippen molar-refractivity contribution in [3.05, 3.63) is 89.7 Å². The van der Waals surface area contributed by atoms with Crippen LogP contribution in [0.4, 0.5) is 18.9 Å². The quantitative estimate of drug-likeness (QED) is 0.364. The molecule has 0 spiro atoms. The molecular formula is C22H13ClF3N7O2. The van der Waals surface area contributed by atoms with E-state index in [9.17, 15) is 18.0 Å². The zero-order valence-electron chi connectivity index (χ0n) is 17.4. The van der Waals surface area contributed by atoms with Crippen LogP contribution in [0.15, 0.2) is 73.4 Å². The topological polar surface area (TPSA) is 99.2 Å². The SMILES string of the molecule is O=C(Nc1ccc(Oc2nccn3cnnc23)cc1)c1cnn(-c2ccc(Cl)cc2)c1C(F)(F)F. The van der Waals surface area contributed by atoms with Gasteiger partial charge in [-0.2, -0.15) is 18.3 Å². The van der Waals surface area contributed by atoms with E-state index in [0.717, 1.165) is 6.20 Å². The number of aromatic nitrogens is 6. The molecule has 5 aromatic rings. The van der Waals surface area contributed by atoms with Crippen LogP contribution in [0.3, 0.4) is 0 Å². The van der Waals surface area contributed by atoms with Crippen LogP contribution in [0.2, 0.25) is 5.02 Å². The Morgan fingerprint density at radius 3 is 2.51 bits per heavy atom. The molecule has 1 amide bonds. The molecule has 0 aliphatic carbocycles. The highest BCUT2D eigenvalue weighted by molar-refractivity contribution is 6.30. The van der Waals surface area contributed by atoms with Crippen LogP contribution in [0, 0.1) is 0 Å². The Bertz CT molecular complexity index is 1510. The van der Waals surface area contributed by atoms with Crippen LogP contribution >= 0.6 is 11.6 Å². The van der Waals surface area contributed by atoms with E-state index in [1.165, 1.54) is 61.1 Å². The standard InChI is InChI=1S/C22H13ClF3N7O2/c23-13-1-5-15(6-2-13)33-18(22(24,25)26)17(11-29-33)20(34)30-14-3-7-16(8-4-14)35-21-19-31-28-12-32(19)10-9-27-21/h1-12H,(H,30,34). The van der Waals surface area contributed by atoms with Gasteiger partial charge in [0, 0.05) is 23.1 Å². The number of benzene rings is 2. The Labute approximate surface area is 199 Å². The summed E-state index contributed by atoms with van der Waals surface area (Å²) in [5.74, 6) is -0.384. The number of fused-ring (bicyclic) bond motifs is 1. The number of halogens is 4. The summed E-state index contributed by atoms with van der Waals surface area (Å²) in [5, 5.41) is 14.3. The number of rotatable bonds is 5. The van der Waals surface area contributed by atoms with Gasteiger partial charge in [-0.25, -0.2) is 9.67 Å². The summed E-state index contributed by atoms with van der Waals surface area (Å²) >= 11 is 5.82. The molecule has 0 atom stereocenters. The summed E-state index contributed by atoms with van der Waals surface area (Å²) in [6.45, 7) is 0. The average Bonchev–Trinajstić information content (AvgIpc) is 3.49. The molecule has 3 heterocycles. The molecule has 35 heavy (non-hydrogen) atoms. The predicted octanol–water partition coefficient (Wildman–Crippen LogP) is 5.03. The second-order valence-electron chi connectivity index (χ2n) is 7.17. The fraction of sp³-hybridized carbons (Fsp3) is 0.0455. The normalized spacial score (nSPS) is 11.5. The van der Waals surface area contributed by atoms with Crippen molar-refractivity contribution in [3.63, 3.8) is 0 Å². The van der Waals surface area contributed by atoms with Crippen molar-refractivity contribution in [2.75, 3.05) is 5.32 Å². The van der Waals surface area contributed by atoms with E-state index in [0.29, 0.717) is 21.1 Å². The van der Waals surface area contributed by atoms with E-state index in [4.69, 9.17) is 16.3 Å². The lowest BCUT2D eigenvalue weighted by Crippen LogP contribution is -2.20. The van der Waals surface area contributed by atoms with Crippen molar-refractivity contribution >= 4 is 28.8 Å². The molecule has 0 bridgehead atoms. The smallest absolute Gasteiger partial charge is 0.434 e. The Hall–Kier alpha value is -4.45. The highest BCUT2D eigenvalue weighted by Gasteiger charge is 2.40. The van der Waals surface area contributed by atoms with E-state index >= 15 is 0 Å². The van der Waals surface area contributed by atoms with E-state index in [1.54, 1.807) is 10.6 Å². The van der Waals surface area contributed by atoms with Gasteiger partial charge in [0.15, 0.2) is 5.69 Å². The molecule has 5 rings (SSSR count). The van der Waals surface area contributed by atoms with Crippen molar-refractivity contribution in [2.24, 2.45) is 0 Å². The minimum atomic E-state index is -4.84. The van der Waals surface area contributed by atoms with Gasteiger partial charge in [0.05, 0.1) is 17.4 Å². The van der Waals surface area contributed by atoms with Gasteiger partial charge < -0.3 is 10.1 Å². The van der Waals surface area contributed by atoms with E-state index in [2.05, 4.69) is 25.6 Å². The van der Waals surface area contributed by atoms with Gasteiger partial charge in [0.2, 0.25) is 5.65 Å².